The van der Waals surface area contributed by atoms with E-state index in [2.05, 4.69) is 29.4 Å². The molecule has 2 nitrogen and oxygen atoms in total. The maximum atomic E-state index is 5.37. The summed E-state index contributed by atoms with van der Waals surface area (Å²) in [5, 5.41) is 3.19. The lowest BCUT2D eigenvalue weighted by Gasteiger charge is -2.34. The van der Waals surface area contributed by atoms with Crippen LogP contribution in [0.15, 0.2) is 30.0 Å². The minimum absolute atomic E-state index is 0.0248. The summed E-state index contributed by atoms with van der Waals surface area (Å²) in [6.45, 7) is 2.14. The van der Waals surface area contributed by atoms with Crippen molar-refractivity contribution in [1.82, 2.24) is 4.98 Å². The Balaban J connectivity index is 2.22. The van der Waals surface area contributed by atoms with Crippen LogP contribution in [-0.4, -0.2) is 9.97 Å². The number of allylic oxidation sites excluding steroid dienone is 1. The molecule has 2 heterocycles. The number of anilines is 1. The molecule has 1 aromatic rings. The van der Waals surface area contributed by atoms with Crippen LogP contribution in [0.25, 0.3) is 0 Å². The first-order valence-corrected chi connectivity index (χ1v) is 5.08. The Hall–Kier alpha value is -1.22. The Kier molecular flexibility index (Phi) is 1.40. The third-order valence-corrected chi connectivity index (χ3v) is 3.44. The SMILES string of the molecule is CC1=CC2(C1)C(=S)Nc1ncccc12. The van der Waals surface area contributed by atoms with E-state index < -0.39 is 0 Å². The fraction of sp³-hybridized carbons (Fsp3) is 0.273. The van der Waals surface area contributed by atoms with Crippen LogP contribution in [0.3, 0.4) is 0 Å². The molecule has 0 saturated carbocycles. The van der Waals surface area contributed by atoms with Gasteiger partial charge in [-0.2, -0.15) is 0 Å². The second-order valence-corrected chi connectivity index (χ2v) is 4.40. The molecular weight excluding hydrogens is 192 g/mol. The summed E-state index contributed by atoms with van der Waals surface area (Å²) < 4.78 is 0. The van der Waals surface area contributed by atoms with E-state index in [9.17, 15) is 0 Å². The lowest BCUT2D eigenvalue weighted by molar-refractivity contribution is 0.645. The van der Waals surface area contributed by atoms with Crippen LogP contribution in [-0.2, 0) is 5.41 Å². The van der Waals surface area contributed by atoms with Crippen LogP contribution in [0.1, 0.15) is 18.9 Å². The zero-order valence-electron chi connectivity index (χ0n) is 7.87. The first-order chi connectivity index (χ1) is 6.72. The van der Waals surface area contributed by atoms with Gasteiger partial charge in [0, 0.05) is 11.8 Å². The van der Waals surface area contributed by atoms with E-state index in [1.807, 2.05) is 6.07 Å². The molecule has 3 heteroatoms. The molecule has 1 atom stereocenters. The number of rotatable bonds is 0. The third-order valence-electron chi connectivity index (χ3n) is 2.98. The largest absolute Gasteiger partial charge is 0.333 e. The lowest BCUT2D eigenvalue weighted by Crippen LogP contribution is -2.37. The number of nitrogens with zero attached hydrogens (tertiary/aromatic N) is 1. The molecule has 1 aliphatic carbocycles. The van der Waals surface area contributed by atoms with Gasteiger partial charge in [0.1, 0.15) is 5.82 Å². The van der Waals surface area contributed by atoms with E-state index in [1.54, 1.807) is 6.20 Å². The van der Waals surface area contributed by atoms with E-state index in [0.29, 0.717) is 0 Å². The van der Waals surface area contributed by atoms with Crippen LogP contribution >= 0.6 is 12.2 Å². The maximum absolute atomic E-state index is 5.37. The summed E-state index contributed by atoms with van der Waals surface area (Å²) in [5.41, 5.74) is 2.62. The molecule has 3 rings (SSSR count). The van der Waals surface area contributed by atoms with Crippen molar-refractivity contribution in [3.05, 3.63) is 35.5 Å². The highest BCUT2D eigenvalue weighted by atomic mass is 32.1. The van der Waals surface area contributed by atoms with Gasteiger partial charge in [0.05, 0.1) is 10.4 Å². The van der Waals surface area contributed by atoms with Crippen molar-refractivity contribution in [2.75, 3.05) is 5.32 Å². The first-order valence-electron chi connectivity index (χ1n) is 4.68. The van der Waals surface area contributed by atoms with E-state index >= 15 is 0 Å². The molecule has 2 aliphatic rings. The molecular formula is C11H10N2S. The molecule has 0 aromatic carbocycles. The molecule has 0 saturated heterocycles. The zero-order chi connectivity index (χ0) is 9.76. The van der Waals surface area contributed by atoms with Crippen molar-refractivity contribution in [2.24, 2.45) is 0 Å². The second-order valence-electron chi connectivity index (χ2n) is 3.99. The van der Waals surface area contributed by atoms with Gasteiger partial charge in [0.2, 0.25) is 0 Å². The van der Waals surface area contributed by atoms with E-state index in [-0.39, 0.29) is 5.41 Å². The molecule has 0 fully saturated rings. The van der Waals surface area contributed by atoms with Crippen LogP contribution in [0.2, 0.25) is 0 Å². The molecule has 0 amide bonds. The molecule has 1 aliphatic heterocycles. The second kappa shape index (κ2) is 2.42. The van der Waals surface area contributed by atoms with Gasteiger partial charge in [-0.1, -0.05) is 29.9 Å². The quantitative estimate of drug-likeness (QED) is 0.516. The summed E-state index contributed by atoms with van der Waals surface area (Å²) in [6.07, 6.45) is 5.08. The Labute approximate surface area is 88.0 Å². The maximum Gasteiger partial charge on any atom is 0.135 e. The highest BCUT2D eigenvalue weighted by molar-refractivity contribution is 7.80. The van der Waals surface area contributed by atoms with Crippen LogP contribution < -0.4 is 5.32 Å². The third kappa shape index (κ3) is 0.805. The molecule has 0 bridgehead atoms. The Morgan fingerprint density at radius 2 is 2.36 bits per heavy atom. The molecule has 1 N–H and O–H groups in total. The number of hydrogen-bond acceptors (Lipinski definition) is 2. The van der Waals surface area contributed by atoms with Crippen molar-refractivity contribution in [1.29, 1.82) is 0 Å². The van der Waals surface area contributed by atoms with Gasteiger partial charge in [0.25, 0.3) is 0 Å². The Morgan fingerprint density at radius 3 is 3.07 bits per heavy atom. The van der Waals surface area contributed by atoms with E-state index in [4.69, 9.17) is 12.2 Å². The zero-order valence-corrected chi connectivity index (χ0v) is 8.69. The molecule has 14 heavy (non-hydrogen) atoms. The fourth-order valence-electron chi connectivity index (χ4n) is 2.36. The molecule has 70 valence electrons. The molecule has 0 radical (unpaired) electrons. The summed E-state index contributed by atoms with van der Waals surface area (Å²) in [7, 11) is 0. The van der Waals surface area contributed by atoms with Crippen molar-refractivity contribution >= 4 is 23.0 Å². The highest BCUT2D eigenvalue weighted by Gasteiger charge is 2.47. The van der Waals surface area contributed by atoms with Crippen molar-refractivity contribution in [2.45, 2.75) is 18.8 Å². The highest BCUT2D eigenvalue weighted by Crippen LogP contribution is 2.48. The standard InChI is InChI=1S/C11H10N2S/c1-7-5-11(6-7)8-3-2-4-12-9(8)13-10(11)14/h2-5H,6H2,1H3,(H,12,13,14). The van der Waals surface area contributed by atoms with Gasteiger partial charge in [-0.15, -0.1) is 0 Å². The van der Waals surface area contributed by atoms with Crippen LogP contribution in [0.5, 0.6) is 0 Å². The van der Waals surface area contributed by atoms with E-state index in [0.717, 1.165) is 17.2 Å². The smallest absolute Gasteiger partial charge is 0.135 e. The minimum atomic E-state index is -0.0248. The number of thiocarbonyl (C=S) groups is 1. The van der Waals surface area contributed by atoms with Crippen molar-refractivity contribution in [3.63, 3.8) is 0 Å². The summed E-state index contributed by atoms with van der Waals surface area (Å²) in [5.74, 6) is 0.932. The number of pyridine rings is 1. The minimum Gasteiger partial charge on any atom is -0.333 e. The van der Waals surface area contributed by atoms with Crippen LogP contribution in [0.4, 0.5) is 5.82 Å². The van der Waals surface area contributed by atoms with Gasteiger partial charge in [-0.3, -0.25) is 0 Å². The van der Waals surface area contributed by atoms with Gasteiger partial charge in [-0.05, 0) is 19.4 Å². The predicted molar refractivity (Wildman–Crippen MR) is 60.5 cm³/mol. The van der Waals surface area contributed by atoms with Gasteiger partial charge < -0.3 is 5.32 Å². The summed E-state index contributed by atoms with van der Waals surface area (Å²) in [6, 6.07) is 4.08. The van der Waals surface area contributed by atoms with Crippen LogP contribution in [0, 0.1) is 0 Å². The van der Waals surface area contributed by atoms with Gasteiger partial charge in [0.15, 0.2) is 0 Å². The van der Waals surface area contributed by atoms with E-state index in [1.165, 1.54) is 11.1 Å². The monoisotopic (exact) mass is 202 g/mol. The fourth-order valence-corrected chi connectivity index (χ4v) is 2.69. The predicted octanol–water partition coefficient (Wildman–Crippen LogP) is 2.42. The normalized spacial score (nSPS) is 28.1. The summed E-state index contributed by atoms with van der Waals surface area (Å²) in [4.78, 5) is 5.18. The number of fused-ring (bicyclic) bond motifs is 2. The van der Waals surface area contributed by atoms with Crippen molar-refractivity contribution in [3.8, 4) is 0 Å². The number of aromatic nitrogens is 1. The van der Waals surface area contributed by atoms with Gasteiger partial charge in [-0.25, -0.2) is 4.98 Å². The topological polar surface area (TPSA) is 24.9 Å². The Bertz CT molecular complexity index is 464. The number of hydrogen-bond donors (Lipinski definition) is 1. The molecule has 1 unspecified atom stereocenters. The summed E-state index contributed by atoms with van der Waals surface area (Å²) >= 11 is 5.37. The molecule has 1 spiro atoms. The van der Waals surface area contributed by atoms with Gasteiger partial charge >= 0.3 is 0 Å². The van der Waals surface area contributed by atoms with Crippen molar-refractivity contribution < 1.29 is 0 Å². The first kappa shape index (κ1) is 8.12. The molecule has 1 aromatic heterocycles. The Morgan fingerprint density at radius 1 is 1.57 bits per heavy atom. The number of nitrogens with one attached hydrogen (secondary N) is 1. The average molecular weight is 202 g/mol. The average Bonchev–Trinajstić information content (AvgIpc) is 2.40. The lowest BCUT2D eigenvalue weighted by atomic mass is 9.68.